The predicted molar refractivity (Wildman–Crippen MR) is 75.5 cm³/mol. The van der Waals surface area contributed by atoms with Crippen molar-refractivity contribution in [2.24, 2.45) is 0 Å². The third-order valence-corrected chi connectivity index (χ3v) is 3.84. The van der Waals surface area contributed by atoms with Gasteiger partial charge >= 0.3 is 0 Å². The molecule has 2 N–H and O–H groups in total. The van der Waals surface area contributed by atoms with E-state index in [1.54, 1.807) is 12.1 Å². The van der Waals surface area contributed by atoms with Crippen LogP contribution in [0.5, 0.6) is 11.5 Å². The fourth-order valence-corrected chi connectivity index (χ4v) is 2.83. The monoisotopic (exact) mass is 332 g/mol. The first-order chi connectivity index (χ1) is 9.17. The van der Waals surface area contributed by atoms with E-state index in [1.807, 2.05) is 4.90 Å². The van der Waals surface area contributed by atoms with Crippen LogP contribution in [0.15, 0.2) is 16.6 Å². The summed E-state index contributed by atoms with van der Waals surface area (Å²) in [4.78, 5) is 2.04. The van der Waals surface area contributed by atoms with Crippen LogP contribution in [0.3, 0.4) is 0 Å². The van der Waals surface area contributed by atoms with Crippen LogP contribution in [0, 0.1) is 0 Å². The topological polar surface area (TPSA) is 44.7 Å². The highest BCUT2D eigenvalue weighted by atomic mass is 79.9. The summed E-state index contributed by atoms with van der Waals surface area (Å²) in [5.74, 6) is 0.379. The standard InChI is InChI=1S/C13H18BrFN2O2/c1-19-12-7-9(14)6-10(13(12)18)11(8-15)17-4-2-16-3-5-17/h6-7,11,16,18H,2-5,8H2,1H3/t11-/m1/s1. The van der Waals surface area contributed by atoms with Gasteiger partial charge in [-0.2, -0.15) is 0 Å². The first kappa shape index (κ1) is 14.6. The lowest BCUT2D eigenvalue weighted by Gasteiger charge is -2.34. The van der Waals surface area contributed by atoms with Gasteiger partial charge in [-0.25, -0.2) is 4.39 Å². The normalized spacial score (nSPS) is 18.3. The maximum atomic E-state index is 13.4. The Morgan fingerprint density at radius 1 is 1.47 bits per heavy atom. The van der Waals surface area contributed by atoms with Crippen molar-refractivity contribution in [3.05, 3.63) is 22.2 Å². The number of alkyl halides is 1. The second-order valence-corrected chi connectivity index (χ2v) is 5.42. The molecule has 0 radical (unpaired) electrons. The largest absolute Gasteiger partial charge is 0.504 e. The molecule has 1 aliphatic heterocycles. The van der Waals surface area contributed by atoms with Gasteiger partial charge in [-0.15, -0.1) is 0 Å². The van der Waals surface area contributed by atoms with Crippen molar-refractivity contribution in [3.63, 3.8) is 0 Å². The molecule has 0 amide bonds. The molecule has 0 aliphatic carbocycles. The Hall–Kier alpha value is -0.850. The number of benzene rings is 1. The maximum Gasteiger partial charge on any atom is 0.162 e. The summed E-state index contributed by atoms with van der Waals surface area (Å²) < 4.78 is 19.3. The number of aromatic hydroxyl groups is 1. The van der Waals surface area contributed by atoms with E-state index >= 15 is 0 Å². The molecular formula is C13H18BrFN2O2. The Morgan fingerprint density at radius 2 is 2.16 bits per heavy atom. The maximum absolute atomic E-state index is 13.4. The van der Waals surface area contributed by atoms with Crippen LogP contribution in [0.2, 0.25) is 0 Å². The van der Waals surface area contributed by atoms with Crippen molar-refractivity contribution in [2.45, 2.75) is 6.04 Å². The smallest absolute Gasteiger partial charge is 0.162 e. The van der Waals surface area contributed by atoms with Gasteiger partial charge < -0.3 is 15.2 Å². The highest BCUT2D eigenvalue weighted by Gasteiger charge is 2.26. The summed E-state index contributed by atoms with van der Waals surface area (Å²) in [5, 5.41) is 13.4. The van der Waals surface area contributed by atoms with Crippen LogP contribution < -0.4 is 10.1 Å². The molecule has 1 saturated heterocycles. The van der Waals surface area contributed by atoms with Gasteiger partial charge in [0.25, 0.3) is 0 Å². The number of hydrogen-bond acceptors (Lipinski definition) is 4. The van der Waals surface area contributed by atoms with Gasteiger partial charge in [-0.1, -0.05) is 15.9 Å². The van der Waals surface area contributed by atoms with E-state index in [9.17, 15) is 9.50 Å². The zero-order chi connectivity index (χ0) is 13.8. The lowest BCUT2D eigenvalue weighted by atomic mass is 10.0. The minimum Gasteiger partial charge on any atom is -0.504 e. The zero-order valence-corrected chi connectivity index (χ0v) is 12.4. The van der Waals surface area contributed by atoms with E-state index in [2.05, 4.69) is 21.2 Å². The molecule has 1 fully saturated rings. The summed E-state index contributed by atoms with van der Waals surface area (Å²) in [6, 6.07) is 2.99. The molecule has 4 nitrogen and oxygen atoms in total. The van der Waals surface area contributed by atoms with Gasteiger partial charge in [0.05, 0.1) is 13.2 Å². The van der Waals surface area contributed by atoms with Crippen molar-refractivity contribution < 1.29 is 14.2 Å². The number of nitrogens with zero attached hydrogens (tertiary/aromatic N) is 1. The van der Waals surface area contributed by atoms with Crippen LogP contribution in [0.4, 0.5) is 4.39 Å². The first-order valence-electron chi connectivity index (χ1n) is 6.24. The summed E-state index contributed by atoms with van der Waals surface area (Å²) in [5.41, 5.74) is 0.565. The number of phenolic OH excluding ortho intramolecular Hbond substituents is 1. The van der Waals surface area contributed by atoms with Crippen LogP contribution in [0.25, 0.3) is 0 Å². The molecule has 1 aliphatic rings. The van der Waals surface area contributed by atoms with Crippen molar-refractivity contribution >= 4 is 15.9 Å². The highest BCUT2D eigenvalue weighted by Crippen LogP contribution is 2.39. The number of ether oxygens (including phenoxy) is 1. The first-order valence-corrected chi connectivity index (χ1v) is 7.03. The Balaban J connectivity index is 2.34. The Labute approximate surface area is 120 Å². The molecule has 0 aromatic heterocycles. The number of phenols is 1. The Kier molecular flexibility index (Phi) is 5.01. The second-order valence-electron chi connectivity index (χ2n) is 4.50. The average Bonchev–Trinajstić information content (AvgIpc) is 2.44. The third-order valence-electron chi connectivity index (χ3n) is 3.39. The van der Waals surface area contributed by atoms with E-state index < -0.39 is 12.7 Å². The van der Waals surface area contributed by atoms with Gasteiger partial charge in [0.1, 0.15) is 6.67 Å². The third kappa shape index (κ3) is 3.19. The number of rotatable bonds is 4. The van der Waals surface area contributed by atoms with Gasteiger partial charge in [-0.05, 0) is 12.1 Å². The molecule has 1 aromatic carbocycles. The number of methoxy groups -OCH3 is 1. The minimum atomic E-state index is -0.535. The molecule has 106 valence electrons. The lowest BCUT2D eigenvalue weighted by molar-refractivity contribution is 0.144. The quantitative estimate of drug-likeness (QED) is 0.886. The molecule has 2 rings (SSSR count). The van der Waals surface area contributed by atoms with Gasteiger partial charge in [0.15, 0.2) is 11.5 Å². The van der Waals surface area contributed by atoms with Gasteiger partial charge in [0.2, 0.25) is 0 Å². The van der Waals surface area contributed by atoms with Crippen molar-refractivity contribution in [1.29, 1.82) is 0 Å². The van der Waals surface area contributed by atoms with Gasteiger partial charge in [-0.3, -0.25) is 4.90 Å². The summed E-state index contributed by atoms with van der Waals surface area (Å²) in [6.07, 6.45) is 0. The zero-order valence-electron chi connectivity index (χ0n) is 10.8. The van der Waals surface area contributed by atoms with Crippen LogP contribution in [-0.2, 0) is 0 Å². The highest BCUT2D eigenvalue weighted by molar-refractivity contribution is 9.10. The van der Waals surface area contributed by atoms with Crippen molar-refractivity contribution in [2.75, 3.05) is 40.0 Å². The van der Waals surface area contributed by atoms with E-state index in [4.69, 9.17) is 4.74 Å². The summed E-state index contributed by atoms with van der Waals surface area (Å²) in [6.45, 7) is 2.67. The fraction of sp³-hybridized carbons (Fsp3) is 0.538. The minimum absolute atomic E-state index is 0.0203. The van der Waals surface area contributed by atoms with E-state index in [-0.39, 0.29) is 5.75 Å². The Morgan fingerprint density at radius 3 is 2.74 bits per heavy atom. The van der Waals surface area contributed by atoms with E-state index in [0.29, 0.717) is 11.3 Å². The number of nitrogens with one attached hydrogen (secondary N) is 1. The average molecular weight is 333 g/mol. The molecule has 1 atom stereocenters. The van der Waals surface area contributed by atoms with Crippen LogP contribution >= 0.6 is 15.9 Å². The summed E-state index contributed by atoms with van der Waals surface area (Å²) in [7, 11) is 1.49. The molecular weight excluding hydrogens is 315 g/mol. The molecule has 1 heterocycles. The molecule has 6 heteroatoms. The molecule has 19 heavy (non-hydrogen) atoms. The number of hydrogen-bond donors (Lipinski definition) is 2. The number of halogens is 2. The molecule has 1 aromatic rings. The molecule has 0 unspecified atom stereocenters. The fourth-order valence-electron chi connectivity index (χ4n) is 2.38. The summed E-state index contributed by atoms with van der Waals surface area (Å²) >= 11 is 3.37. The van der Waals surface area contributed by atoms with Crippen LogP contribution in [0.1, 0.15) is 11.6 Å². The Bertz CT molecular complexity index is 439. The lowest BCUT2D eigenvalue weighted by Crippen LogP contribution is -2.45. The number of piperazine rings is 1. The predicted octanol–water partition coefficient (Wildman–Crippen LogP) is 2.08. The van der Waals surface area contributed by atoms with E-state index in [1.165, 1.54) is 7.11 Å². The van der Waals surface area contributed by atoms with Crippen molar-refractivity contribution in [3.8, 4) is 11.5 Å². The van der Waals surface area contributed by atoms with Crippen molar-refractivity contribution in [1.82, 2.24) is 10.2 Å². The van der Waals surface area contributed by atoms with Gasteiger partial charge in [0, 0.05) is 36.2 Å². The molecule has 0 bridgehead atoms. The van der Waals surface area contributed by atoms with Crippen LogP contribution in [-0.4, -0.2) is 50.0 Å². The molecule has 0 spiro atoms. The SMILES string of the molecule is COc1cc(Br)cc([C@@H](CF)N2CCNCC2)c1O. The molecule has 0 saturated carbocycles. The second kappa shape index (κ2) is 6.54. The van der Waals surface area contributed by atoms with E-state index in [0.717, 1.165) is 30.7 Å².